The van der Waals surface area contributed by atoms with Crippen molar-refractivity contribution in [3.63, 3.8) is 0 Å². The molecule has 0 amide bonds. The van der Waals surface area contributed by atoms with Crippen LogP contribution in [-0.2, 0) is 0 Å². The third-order valence-corrected chi connectivity index (χ3v) is 4.42. The van der Waals surface area contributed by atoms with Crippen LogP contribution in [0, 0.1) is 6.92 Å². The summed E-state index contributed by atoms with van der Waals surface area (Å²) in [5.41, 5.74) is 1.15. The van der Waals surface area contributed by atoms with Gasteiger partial charge in [-0.05, 0) is 27.7 Å². The number of aromatic nitrogens is 2. The zero-order valence-corrected chi connectivity index (χ0v) is 12.5. The van der Waals surface area contributed by atoms with Gasteiger partial charge in [-0.3, -0.25) is 0 Å². The van der Waals surface area contributed by atoms with E-state index in [2.05, 4.69) is 47.9 Å². The Morgan fingerprint density at radius 1 is 1.44 bits per heavy atom. The maximum atomic E-state index is 4.48. The molecule has 4 nitrogen and oxygen atoms in total. The first-order valence-electron chi connectivity index (χ1n) is 6.48. The van der Waals surface area contributed by atoms with Crippen LogP contribution in [-0.4, -0.2) is 40.1 Å². The number of nitrogens with zero attached hydrogens (tertiary/aromatic N) is 3. The highest BCUT2D eigenvalue weighted by Gasteiger charge is 2.28. The van der Waals surface area contributed by atoms with Crippen LogP contribution >= 0.6 is 11.8 Å². The molecule has 1 aromatic rings. The van der Waals surface area contributed by atoms with E-state index in [1.165, 1.54) is 0 Å². The standard InChI is InChI=1S/C13H22N4S/c1-5-14-11-10(2)12(16-9-15-11)17-6-7-18-13(3,4)8-17/h9H,5-8H2,1-4H3,(H,14,15,16). The zero-order valence-electron chi connectivity index (χ0n) is 11.7. The molecule has 1 saturated heterocycles. The predicted octanol–water partition coefficient (Wildman–Crippen LogP) is 2.55. The summed E-state index contributed by atoms with van der Waals surface area (Å²) in [6, 6.07) is 0. The zero-order chi connectivity index (χ0) is 13.2. The number of rotatable bonds is 3. The maximum absolute atomic E-state index is 4.48. The van der Waals surface area contributed by atoms with Gasteiger partial charge in [-0.25, -0.2) is 9.97 Å². The van der Waals surface area contributed by atoms with Crippen molar-refractivity contribution in [1.82, 2.24) is 9.97 Å². The number of nitrogens with one attached hydrogen (secondary N) is 1. The fourth-order valence-electron chi connectivity index (χ4n) is 2.30. The Bertz CT molecular complexity index is 419. The maximum Gasteiger partial charge on any atom is 0.137 e. The summed E-state index contributed by atoms with van der Waals surface area (Å²) in [7, 11) is 0. The van der Waals surface area contributed by atoms with Crippen molar-refractivity contribution in [3.8, 4) is 0 Å². The minimum Gasteiger partial charge on any atom is -0.370 e. The lowest BCUT2D eigenvalue weighted by atomic mass is 10.1. The Morgan fingerprint density at radius 2 is 2.22 bits per heavy atom. The van der Waals surface area contributed by atoms with Gasteiger partial charge in [0, 0.05) is 35.7 Å². The number of thioether (sulfide) groups is 1. The molecule has 1 aliphatic heterocycles. The summed E-state index contributed by atoms with van der Waals surface area (Å²) >= 11 is 2.04. The van der Waals surface area contributed by atoms with Gasteiger partial charge in [-0.15, -0.1) is 0 Å². The molecule has 0 saturated carbocycles. The van der Waals surface area contributed by atoms with Gasteiger partial charge in [-0.1, -0.05) is 0 Å². The van der Waals surface area contributed by atoms with E-state index in [9.17, 15) is 0 Å². The molecule has 18 heavy (non-hydrogen) atoms. The second-order valence-electron chi connectivity index (χ2n) is 5.23. The molecule has 0 aromatic carbocycles. The van der Waals surface area contributed by atoms with Gasteiger partial charge in [0.05, 0.1) is 0 Å². The molecule has 0 bridgehead atoms. The molecule has 2 rings (SSSR count). The Balaban J connectivity index is 2.25. The van der Waals surface area contributed by atoms with Crippen molar-refractivity contribution in [1.29, 1.82) is 0 Å². The van der Waals surface area contributed by atoms with Crippen LogP contribution in [0.5, 0.6) is 0 Å². The number of anilines is 2. The molecule has 0 aliphatic carbocycles. The molecule has 1 aliphatic rings. The van der Waals surface area contributed by atoms with Crippen molar-refractivity contribution in [2.75, 3.05) is 35.6 Å². The van der Waals surface area contributed by atoms with Crippen molar-refractivity contribution in [3.05, 3.63) is 11.9 Å². The smallest absolute Gasteiger partial charge is 0.137 e. The van der Waals surface area contributed by atoms with E-state index in [4.69, 9.17) is 0 Å². The summed E-state index contributed by atoms with van der Waals surface area (Å²) in [4.78, 5) is 11.2. The normalized spacial score (nSPS) is 18.8. The second-order valence-corrected chi connectivity index (χ2v) is 7.03. The van der Waals surface area contributed by atoms with Gasteiger partial charge in [0.2, 0.25) is 0 Å². The van der Waals surface area contributed by atoms with E-state index in [-0.39, 0.29) is 0 Å². The van der Waals surface area contributed by atoms with E-state index >= 15 is 0 Å². The lowest BCUT2D eigenvalue weighted by Crippen LogP contribution is -2.43. The molecule has 1 fully saturated rings. The van der Waals surface area contributed by atoms with E-state index in [1.807, 2.05) is 11.8 Å². The molecule has 1 N–H and O–H groups in total. The van der Waals surface area contributed by atoms with E-state index < -0.39 is 0 Å². The highest BCUT2D eigenvalue weighted by atomic mass is 32.2. The van der Waals surface area contributed by atoms with Crippen LogP contribution in [0.25, 0.3) is 0 Å². The third-order valence-electron chi connectivity index (χ3n) is 3.13. The largest absolute Gasteiger partial charge is 0.370 e. The highest BCUT2D eigenvalue weighted by Crippen LogP contribution is 2.33. The molecule has 5 heteroatoms. The Kier molecular flexibility index (Phi) is 4.00. The Morgan fingerprint density at radius 3 is 2.89 bits per heavy atom. The van der Waals surface area contributed by atoms with Crippen LogP contribution in [0.3, 0.4) is 0 Å². The molecule has 0 unspecified atom stereocenters. The van der Waals surface area contributed by atoms with Gasteiger partial charge in [0.15, 0.2) is 0 Å². The van der Waals surface area contributed by atoms with E-state index in [0.29, 0.717) is 4.75 Å². The summed E-state index contributed by atoms with van der Waals surface area (Å²) in [5, 5.41) is 3.29. The van der Waals surface area contributed by atoms with Gasteiger partial charge in [-0.2, -0.15) is 11.8 Å². The van der Waals surface area contributed by atoms with Crippen LogP contribution in [0.4, 0.5) is 11.6 Å². The fraction of sp³-hybridized carbons (Fsp3) is 0.692. The lowest BCUT2D eigenvalue weighted by Gasteiger charge is -2.38. The first-order valence-corrected chi connectivity index (χ1v) is 7.46. The van der Waals surface area contributed by atoms with Crippen LogP contribution in [0.1, 0.15) is 26.3 Å². The monoisotopic (exact) mass is 266 g/mol. The highest BCUT2D eigenvalue weighted by molar-refractivity contribution is 8.00. The van der Waals surface area contributed by atoms with Crippen molar-refractivity contribution < 1.29 is 0 Å². The predicted molar refractivity (Wildman–Crippen MR) is 79.7 cm³/mol. The van der Waals surface area contributed by atoms with Crippen LogP contribution in [0.2, 0.25) is 0 Å². The molecular weight excluding hydrogens is 244 g/mol. The Labute approximate surface area is 114 Å². The molecule has 2 heterocycles. The first kappa shape index (κ1) is 13.5. The summed E-state index contributed by atoms with van der Waals surface area (Å²) < 4.78 is 0.300. The molecule has 0 atom stereocenters. The molecular formula is C13H22N4S. The average Bonchev–Trinajstić information content (AvgIpc) is 2.31. The van der Waals surface area contributed by atoms with Gasteiger partial charge < -0.3 is 10.2 Å². The van der Waals surface area contributed by atoms with Crippen molar-refractivity contribution in [2.45, 2.75) is 32.4 Å². The second kappa shape index (κ2) is 5.34. The molecule has 100 valence electrons. The first-order chi connectivity index (χ1) is 8.53. The topological polar surface area (TPSA) is 41.1 Å². The number of hydrogen-bond donors (Lipinski definition) is 1. The summed E-state index contributed by atoms with van der Waals surface area (Å²) in [6.07, 6.45) is 1.66. The van der Waals surface area contributed by atoms with Gasteiger partial charge in [0.1, 0.15) is 18.0 Å². The van der Waals surface area contributed by atoms with Crippen molar-refractivity contribution >= 4 is 23.4 Å². The van der Waals surface area contributed by atoms with E-state index in [0.717, 1.165) is 42.6 Å². The average molecular weight is 266 g/mol. The van der Waals surface area contributed by atoms with Crippen LogP contribution < -0.4 is 10.2 Å². The van der Waals surface area contributed by atoms with Gasteiger partial charge in [0.25, 0.3) is 0 Å². The van der Waals surface area contributed by atoms with Crippen molar-refractivity contribution in [2.24, 2.45) is 0 Å². The number of hydrogen-bond acceptors (Lipinski definition) is 5. The SMILES string of the molecule is CCNc1ncnc(N2CCSC(C)(C)C2)c1C. The lowest BCUT2D eigenvalue weighted by molar-refractivity contribution is 0.640. The fourth-order valence-corrected chi connectivity index (χ4v) is 3.41. The minimum absolute atomic E-state index is 0.300. The third kappa shape index (κ3) is 2.88. The molecule has 1 aromatic heterocycles. The molecule has 0 radical (unpaired) electrons. The van der Waals surface area contributed by atoms with E-state index in [1.54, 1.807) is 6.33 Å². The summed E-state index contributed by atoms with van der Waals surface area (Å²) in [5.74, 6) is 3.19. The quantitative estimate of drug-likeness (QED) is 0.910. The van der Waals surface area contributed by atoms with Gasteiger partial charge >= 0.3 is 0 Å². The minimum atomic E-state index is 0.300. The van der Waals surface area contributed by atoms with Crippen LogP contribution in [0.15, 0.2) is 6.33 Å². The summed E-state index contributed by atoms with van der Waals surface area (Å²) in [6.45, 7) is 11.8. The molecule has 0 spiro atoms. The Hall–Kier alpha value is -0.970.